The zero-order chi connectivity index (χ0) is 36.6. The molecular formula is C50H39N3O. The Kier molecular flexibility index (Phi) is 8.36. The first-order valence-corrected chi connectivity index (χ1v) is 18.4. The summed E-state index contributed by atoms with van der Waals surface area (Å²) in [4.78, 5) is 12.2. The van der Waals surface area contributed by atoms with Gasteiger partial charge in [-0.1, -0.05) is 96.6 Å². The first-order valence-electron chi connectivity index (χ1n) is 18.4. The molecule has 4 nitrogen and oxygen atoms in total. The molecule has 0 amide bonds. The average molecular weight is 698 g/mol. The van der Waals surface area contributed by atoms with Crippen molar-refractivity contribution in [2.24, 2.45) is 0 Å². The minimum Gasteiger partial charge on any atom is -0.457 e. The van der Waals surface area contributed by atoms with Crippen LogP contribution >= 0.6 is 0 Å². The van der Waals surface area contributed by atoms with Crippen molar-refractivity contribution in [2.75, 3.05) is 4.90 Å². The number of hydrogen-bond donors (Lipinski definition) is 0. The highest BCUT2D eigenvalue weighted by molar-refractivity contribution is 5.89. The Morgan fingerprint density at radius 2 is 1.13 bits per heavy atom. The van der Waals surface area contributed by atoms with Crippen LogP contribution in [0.15, 0.2) is 182 Å². The van der Waals surface area contributed by atoms with Crippen molar-refractivity contribution in [3.63, 3.8) is 0 Å². The second-order valence-electron chi connectivity index (χ2n) is 14.0. The Hall–Kier alpha value is -6.78. The molecule has 0 atom stereocenters. The number of hydrogen-bond acceptors (Lipinski definition) is 4. The highest BCUT2D eigenvalue weighted by Crippen LogP contribution is 2.57. The minimum atomic E-state index is -0.740. The second-order valence-corrected chi connectivity index (χ2v) is 14.0. The number of para-hydroxylation sites is 3. The van der Waals surface area contributed by atoms with Gasteiger partial charge >= 0.3 is 0 Å². The molecule has 6 aromatic carbocycles. The fourth-order valence-electron chi connectivity index (χ4n) is 8.47. The molecule has 0 saturated heterocycles. The Balaban J connectivity index is 1.24. The third-order valence-electron chi connectivity index (χ3n) is 10.5. The Labute approximate surface area is 317 Å². The van der Waals surface area contributed by atoms with E-state index in [2.05, 4.69) is 165 Å². The smallest absolute Gasteiger partial charge is 0.128 e. The van der Waals surface area contributed by atoms with Gasteiger partial charge in [-0.2, -0.15) is 0 Å². The lowest BCUT2D eigenvalue weighted by molar-refractivity contribution is 0.481. The number of aryl methyl sites for hydroxylation is 3. The third-order valence-corrected chi connectivity index (χ3v) is 10.5. The number of ether oxygens (including phenoxy) is 1. The van der Waals surface area contributed by atoms with Crippen molar-refractivity contribution in [1.29, 1.82) is 0 Å². The number of benzene rings is 6. The van der Waals surface area contributed by atoms with Crippen LogP contribution in [0.3, 0.4) is 0 Å². The van der Waals surface area contributed by atoms with Crippen LogP contribution in [0.4, 0.5) is 17.1 Å². The molecular weight excluding hydrogens is 659 g/mol. The fourth-order valence-corrected chi connectivity index (χ4v) is 8.47. The van der Waals surface area contributed by atoms with E-state index in [0.29, 0.717) is 0 Å². The molecule has 0 fully saturated rings. The van der Waals surface area contributed by atoms with Gasteiger partial charge < -0.3 is 9.64 Å². The Morgan fingerprint density at radius 1 is 0.500 bits per heavy atom. The summed E-state index contributed by atoms with van der Waals surface area (Å²) in [7, 11) is 0. The van der Waals surface area contributed by atoms with Crippen LogP contribution in [0.25, 0.3) is 22.4 Å². The quantitative estimate of drug-likeness (QED) is 0.166. The van der Waals surface area contributed by atoms with E-state index in [1.165, 1.54) is 22.3 Å². The van der Waals surface area contributed by atoms with Crippen molar-refractivity contribution < 1.29 is 4.74 Å². The maximum Gasteiger partial charge on any atom is 0.128 e. The number of nitrogens with zero attached hydrogens (tertiary/aromatic N) is 3. The lowest BCUT2D eigenvalue weighted by Crippen LogP contribution is -2.38. The highest BCUT2D eigenvalue weighted by Gasteiger charge is 2.47. The third kappa shape index (κ3) is 5.64. The summed E-state index contributed by atoms with van der Waals surface area (Å²) in [5.74, 6) is 1.49. The van der Waals surface area contributed by atoms with E-state index in [1.54, 1.807) is 0 Å². The predicted molar refractivity (Wildman–Crippen MR) is 220 cm³/mol. The van der Waals surface area contributed by atoms with Crippen LogP contribution in [-0.2, 0) is 5.41 Å². The van der Waals surface area contributed by atoms with Crippen LogP contribution in [0.1, 0.15) is 39.1 Å². The standard InChI is InChI=1S/C50H39N3O/c1-34-28-35(2)49(36(3)29-34)38-30-37(45-22-11-13-26-51-45)31-42(32-38)54-41-19-15-16-39(33-41)50(48-25-12-14-27-52-48)43-20-7-9-23-46(43)53(40-17-5-4-6-18-40)47-24-10-8-21-44(47)50/h4-33H,1-3H3. The lowest BCUT2D eigenvalue weighted by atomic mass is 9.64. The van der Waals surface area contributed by atoms with Crippen molar-refractivity contribution in [3.05, 3.63) is 221 Å². The summed E-state index contributed by atoms with van der Waals surface area (Å²) in [6.45, 7) is 6.51. The van der Waals surface area contributed by atoms with Gasteiger partial charge in [0.15, 0.2) is 0 Å². The van der Waals surface area contributed by atoms with Gasteiger partial charge in [-0.25, -0.2) is 0 Å². The first-order chi connectivity index (χ1) is 26.5. The summed E-state index contributed by atoms with van der Waals surface area (Å²) in [6, 6.07) is 59.8. The molecule has 0 N–H and O–H groups in total. The number of fused-ring (bicyclic) bond motifs is 2. The maximum atomic E-state index is 6.93. The van der Waals surface area contributed by atoms with Crippen molar-refractivity contribution in [2.45, 2.75) is 26.2 Å². The molecule has 1 aliphatic heterocycles. The molecule has 4 heteroatoms. The second kappa shape index (κ2) is 13.6. The van der Waals surface area contributed by atoms with E-state index >= 15 is 0 Å². The van der Waals surface area contributed by atoms with Gasteiger partial charge in [0.1, 0.15) is 11.5 Å². The van der Waals surface area contributed by atoms with Gasteiger partial charge in [-0.3, -0.25) is 9.97 Å². The molecule has 3 heterocycles. The maximum absolute atomic E-state index is 6.93. The minimum absolute atomic E-state index is 0.740. The topological polar surface area (TPSA) is 38.2 Å². The van der Waals surface area contributed by atoms with E-state index in [-0.39, 0.29) is 0 Å². The first kappa shape index (κ1) is 33.1. The monoisotopic (exact) mass is 697 g/mol. The van der Waals surface area contributed by atoms with E-state index in [1.807, 2.05) is 42.7 Å². The molecule has 260 valence electrons. The van der Waals surface area contributed by atoms with Crippen molar-refractivity contribution in [1.82, 2.24) is 9.97 Å². The van der Waals surface area contributed by atoms with E-state index in [9.17, 15) is 0 Å². The zero-order valence-electron chi connectivity index (χ0n) is 30.6. The molecule has 0 aliphatic carbocycles. The summed E-state index contributed by atoms with van der Waals surface area (Å²) in [5, 5.41) is 0. The molecule has 0 bridgehead atoms. The largest absolute Gasteiger partial charge is 0.457 e. The summed E-state index contributed by atoms with van der Waals surface area (Å²) in [6.07, 6.45) is 3.73. The van der Waals surface area contributed by atoms with Gasteiger partial charge in [0.25, 0.3) is 0 Å². The van der Waals surface area contributed by atoms with Crippen LogP contribution in [0, 0.1) is 20.8 Å². The van der Waals surface area contributed by atoms with Gasteiger partial charge in [0.05, 0.1) is 28.2 Å². The van der Waals surface area contributed by atoms with Crippen LogP contribution in [-0.4, -0.2) is 9.97 Å². The van der Waals surface area contributed by atoms with Gasteiger partial charge in [-0.15, -0.1) is 0 Å². The van der Waals surface area contributed by atoms with Crippen molar-refractivity contribution >= 4 is 17.1 Å². The van der Waals surface area contributed by atoms with Crippen LogP contribution < -0.4 is 9.64 Å². The van der Waals surface area contributed by atoms with E-state index in [0.717, 1.165) is 67.8 Å². The molecule has 0 saturated carbocycles. The zero-order valence-corrected chi connectivity index (χ0v) is 30.6. The number of rotatable bonds is 7. The molecule has 0 spiro atoms. The molecule has 1 aliphatic rings. The molecule has 9 rings (SSSR count). The normalized spacial score (nSPS) is 12.8. The average Bonchev–Trinajstić information content (AvgIpc) is 3.20. The molecule has 54 heavy (non-hydrogen) atoms. The molecule has 0 unspecified atom stereocenters. The fraction of sp³-hybridized carbons (Fsp3) is 0.0800. The molecule has 8 aromatic rings. The summed E-state index contributed by atoms with van der Waals surface area (Å²) >= 11 is 0. The number of pyridine rings is 2. The number of aromatic nitrogens is 2. The number of anilines is 3. The summed E-state index contributed by atoms with van der Waals surface area (Å²) < 4.78 is 6.93. The van der Waals surface area contributed by atoms with Gasteiger partial charge in [0, 0.05) is 23.6 Å². The van der Waals surface area contributed by atoms with Crippen LogP contribution in [0.5, 0.6) is 11.5 Å². The Bertz CT molecular complexity index is 2550. The van der Waals surface area contributed by atoms with Gasteiger partial charge in [0.2, 0.25) is 0 Å². The lowest BCUT2D eigenvalue weighted by Gasteiger charge is -2.45. The van der Waals surface area contributed by atoms with E-state index in [4.69, 9.17) is 14.7 Å². The predicted octanol–water partition coefficient (Wildman–Crippen LogP) is 12.7. The molecule has 2 aromatic heterocycles. The van der Waals surface area contributed by atoms with Crippen LogP contribution in [0.2, 0.25) is 0 Å². The Morgan fingerprint density at radius 3 is 1.80 bits per heavy atom. The highest BCUT2D eigenvalue weighted by atomic mass is 16.5. The van der Waals surface area contributed by atoms with E-state index < -0.39 is 5.41 Å². The summed E-state index contributed by atoms with van der Waals surface area (Å²) in [5.41, 5.74) is 14.8. The van der Waals surface area contributed by atoms with Gasteiger partial charge in [-0.05, 0) is 139 Å². The molecule has 0 radical (unpaired) electrons. The van der Waals surface area contributed by atoms with Crippen molar-refractivity contribution in [3.8, 4) is 33.9 Å². The SMILES string of the molecule is Cc1cc(C)c(-c2cc(Oc3cccc(C4(c5ccccn5)c5ccccc5N(c5ccccc5)c5ccccc54)c3)cc(-c3ccccn3)c2)c(C)c1.